The highest BCUT2D eigenvalue weighted by Crippen LogP contribution is 2.23. The molecule has 1 aromatic rings. The number of likely N-dealkylation sites (N-methyl/N-ethyl adjacent to an activating group) is 1. The number of aromatic nitrogens is 2. The Bertz CT molecular complexity index is 894. The van der Waals surface area contributed by atoms with Crippen LogP contribution in [0.3, 0.4) is 0 Å². The molecule has 0 radical (unpaired) electrons. The Labute approximate surface area is 199 Å². The van der Waals surface area contributed by atoms with Crippen molar-refractivity contribution in [2.24, 2.45) is 5.16 Å². The summed E-state index contributed by atoms with van der Waals surface area (Å²) in [6.45, 7) is 3.05. The average molecular weight is 476 g/mol. The minimum atomic E-state index is -0.280. The topological polar surface area (TPSA) is 135 Å². The summed E-state index contributed by atoms with van der Waals surface area (Å²) in [5.74, 6) is 0.508. The van der Waals surface area contributed by atoms with Gasteiger partial charge in [-0.05, 0) is 44.0 Å². The minimum absolute atomic E-state index is 0.0608. The van der Waals surface area contributed by atoms with Gasteiger partial charge in [-0.2, -0.15) is 0 Å². The van der Waals surface area contributed by atoms with Crippen LogP contribution in [0.1, 0.15) is 28.4 Å². The van der Waals surface area contributed by atoms with Crippen LogP contribution >= 0.6 is 0 Å². The van der Waals surface area contributed by atoms with Gasteiger partial charge in [0.25, 0.3) is 0 Å². The van der Waals surface area contributed by atoms with E-state index in [-0.39, 0.29) is 24.9 Å². The highest BCUT2D eigenvalue weighted by molar-refractivity contribution is 6.00. The summed E-state index contributed by atoms with van der Waals surface area (Å²) in [6.07, 6.45) is 6.59. The Hall–Kier alpha value is -2.99. The lowest BCUT2D eigenvalue weighted by Crippen LogP contribution is -2.43. The number of aldehydes is 2. The lowest BCUT2D eigenvalue weighted by atomic mass is 10.0. The second kappa shape index (κ2) is 14.3. The van der Waals surface area contributed by atoms with Crippen LogP contribution in [0.25, 0.3) is 0 Å². The highest BCUT2D eigenvalue weighted by atomic mass is 16.7. The molecule has 3 heterocycles. The molecule has 2 aliphatic rings. The van der Waals surface area contributed by atoms with Crippen LogP contribution in [0.2, 0.25) is 0 Å². The van der Waals surface area contributed by atoms with E-state index < -0.39 is 0 Å². The number of rotatable bonds is 9. The van der Waals surface area contributed by atoms with Gasteiger partial charge in [-0.25, -0.2) is 9.97 Å². The first-order valence-electron chi connectivity index (χ1n) is 10.9. The number of carbonyl (C=O) groups excluding carboxylic acids is 2. The molecule has 0 bridgehead atoms. The summed E-state index contributed by atoms with van der Waals surface area (Å²) >= 11 is 0. The molecular weight excluding hydrogens is 442 g/mol. The molecule has 0 amide bonds. The van der Waals surface area contributed by atoms with Crippen LogP contribution in [0, 0.1) is 6.92 Å². The van der Waals surface area contributed by atoms with E-state index in [1.54, 1.807) is 19.1 Å². The number of hydrogen-bond donors (Lipinski definition) is 2. The van der Waals surface area contributed by atoms with Crippen molar-refractivity contribution in [3.63, 3.8) is 0 Å². The predicted octanol–water partition coefficient (Wildman–Crippen LogP) is 0.273. The van der Waals surface area contributed by atoms with Crippen molar-refractivity contribution in [3.8, 4) is 0 Å². The van der Waals surface area contributed by atoms with E-state index in [1.807, 2.05) is 38.3 Å². The molecule has 1 saturated heterocycles. The number of aryl methyl sites for hydroxylation is 1. The predicted molar refractivity (Wildman–Crippen MR) is 126 cm³/mol. The Morgan fingerprint density at radius 3 is 2.62 bits per heavy atom. The highest BCUT2D eigenvalue weighted by Gasteiger charge is 2.35. The molecule has 11 nitrogen and oxygen atoms in total. The van der Waals surface area contributed by atoms with Gasteiger partial charge in [0.1, 0.15) is 35.7 Å². The smallest absolute Gasteiger partial charge is 0.168 e. The molecule has 186 valence electrons. The number of nitrogens with zero attached hydrogens (tertiary/aromatic N) is 4. The molecule has 2 N–H and O–H groups in total. The van der Waals surface area contributed by atoms with E-state index in [9.17, 15) is 9.59 Å². The Kier molecular flexibility index (Phi) is 11.5. The van der Waals surface area contributed by atoms with Gasteiger partial charge in [0, 0.05) is 27.1 Å². The van der Waals surface area contributed by atoms with Crippen molar-refractivity contribution in [1.82, 2.24) is 20.2 Å². The lowest BCUT2D eigenvalue weighted by Gasteiger charge is -2.30. The Morgan fingerprint density at radius 2 is 2.03 bits per heavy atom. The first-order valence-corrected chi connectivity index (χ1v) is 10.9. The van der Waals surface area contributed by atoms with Gasteiger partial charge in [-0.15, -0.1) is 0 Å². The third-order valence-corrected chi connectivity index (χ3v) is 4.83. The monoisotopic (exact) mass is 475 g/mol. The third-order valence-electron chi connectivity index (χ3n) is 4.83. The summed E-state index contributed by atoms with van der Waals surface area (Å²) in [4.78, 5) is 36.7. The number of hydrogen-bond acceptors (Lipinski definition) is 11. The van der Waals surface area contributed by atoms with Crippen LogP contribution in [0.5, 0.6) is 0 Å². The Morgan fingerprint density at radius 1 is 1.24 bits per heavy atom. The molecule has 1 fully saturated rings. The lowest BCUT2D eigenvalue weighted by molar-refractivity contribution is -0.178. The van der Waals surface area contributed by atoms with Gasteiger partial charge < -0.3 is 29.6 Å². The number of ether oxygens (including phenoxy) is 2. The number of nitrogens with one attached hydrogen (secondary N) is 1. The molecule has 34 heavy (non-hydrogen) atoms. The maximum atomic E-state index is 10.9. The van der Waals surface area contributed by atoms with Crippen molar-refractivity contribution in [2.75, 3.05) is 47.5 Å². The quantitative estimate of drug-likeness (QED) is 0.291. The van der Waals surface area contributed by atoms with Crippen LogP contribution in [0.15, 0.2) is 35.1 Å². The van der Waals surface area contributed by atoms with Crippen molar-refractivity contribution in [2.45, 2.75) is 31.7 Å². The van der Waals surface area contributed by atoms with Crippen molar-refractivity contribution in [1.29, 1.82) is 0 Å². The number of aliphatic hydroxyl groups excluding tert-OH is 1. The normalized spacial score (nSPS) is 22.4. The Balaban J connectivity index is 0.000000292. The number of oxime groups is 1. The first-order chi connectivity index (χ1) is 16.4. The molecule has 11 heteroatoms. The summed E-state index contributed by atoms with van der Waals surface area (Å²) in [6, 6.07) is 1.59. The summed E-state index contributed by atoms with van der Waals surface area (Å²) < 4.78 is 11.1. The van der Waals surface area contributed by atoms with Crippen LogP contribution < -0.4 is 5.32 Å². The summed E-state index contributed by atoms with van der Waals surface area (Å²) in [7, 11) is 5.73. The zero-order valence-electron chi connectivity index (χ0n) is 20.0. The van der Waals surface area contributed by atoms with E-state index in [0.717, 1.165) is 11.9 Å². The van der Waals surface area contributed by atoms with Crippen molar-refractivity contribution < 1.29 is 29.0 Å². The SMILES string of the molecule is CNCC(/C=C\N(C)C)=C/C=O.Cc1nc(C=O)cc(C2=NOC(C3COC(CO)CO3)C2)n1. The number of aliphatic hydroxyl groups is 1. The fourth-order valence-corrected chi connectivity index (χ4v) is 3.13. The molecule has 3 rings (SSSR count). The molecule has 1 aromatic heterocycles. The fraction of sp³-hybridized carbons (Fsp3) is 0.522. The van der Waals surface area contributed by atoms with Crippen LogP contribution in [-0.2, 0) is 19.1 Å². The maximum Gasteiger partial charge on any atom is 0.168 e. The second-order valence-electron chi connectivity index (χ2n) is 7.93. The minimum Gasteiger partial charge on any atom is -0.394 e. The zero-order valence-corrected chi connectivity index (χ0v) is 20.0. The molecule has 0 saturated carbocycles. The molecule has 0 aliphatic carbocycles. The molecule has 3 atom stereocenters. The van der Waals surface area contributed by atoms with Crippen LogP contribution in [-0.4, -0.2) is 104 Å². The summed E-state index contributed by atoms with van der Waals surface area (Å²) in [5.41, 5.74) is 2.53. The van der Waals surface area contributed by atoms with Gasteiger partial charge in [-0.1, -0.05) is 5.16 Å². The standard InChI is InChI=1S/C14H17N3O5.C9H16N2O/c1-8-15-9(4-18)2-11(16-8)12-3-13(22-17-12)14-7-20-10(5-19)6-21-14;1-10-8-9(5-7-12)4-6-11(2)3/h2,4,10,13-14,19H,3,5-7H2,1H3;4-7,10H,8H2,1-3H3/b;6-4-,9-5+. The third kappa shape index (κ3) is 8.75. The molecule has 2 aliphatic heterocycles. The zero-order chi connectivity index (χ0) is 24.9. The molecule has 0 aromatic carbocycles. The van der Waals surface area contributed by atoms with E-state index in [0.29, 0.717) is 55.4 Å². The van der Waals surface area contributed by atoms with E-state index >= 15 is 0 Å². The van der Waals surface area contributed by atoms with Gasteiger partial charge in [0.05, 0.1) is 25.5 Å². The van der Waals surface area contributed by atoms with Crippen molar-refractivity contribution in [3.05, 3.63) is 47.2 Å². The summed E-state index contributed by atoms with van der Waals surface area (Å²) in [5, 5.41) is 16.0. The fourth-order valence-electron chi connectivity index (χ4n) is 3.13. The van der Waals surface area contributed by atoms with Gasteiger partial charge in [-0.3, -0.25) is 9.59 Å². The van der Waals surface area contributed by atoms with Crippen molar-refractivity contribution >= 4 is 18.3 Å². The average Bonchev–Trinajstić information content (AvgIpc) is 3.33. The largest absolute Gasteiger partial charge is 0.394 e. The molecule has 3 unspecified atom stereocenters. The van der Waals surface area contributed by atoms with E-state index in [2.05, 4.69) is 20.4 Å². The molecular formula is C23H33N5O6. The van der Waals surface area contributed by atoms with Crippen LogP contribution in [0.4, 0.5) is 0 Å². The molecule has 0 spiro atoms. The van der Waals surface area contributed by atoms with Gasteiger partial charge >= 0.3 is 0 Å². The first kappa shape index (κ1) is 27.3. The maximum absolute atomic E-state index is 10.9. The van der Waals surface area contributed by atoms with E-state index in [4.69, 9.17) is 19.4 Å². The number of carbonyl (C=O) groups is 2. The van der Waals surface area contributed by atoms with Gasteiger partial charge in [0.2, 0.25) is 0 Å². The number of allylic oxidation sites excluding steroid dienone is 1. The van der Waals surface area contributed by atoms with Gasteiger partial charge in [0.15, 0.2) is 12.4 Å². The van der Waals surface area contributed by atoms with E-state index in [1.165, 1.54) is 0 Å². The second-order valence-corrected chi connectivity index (χ2v) is 7.93.